The molecule has 0 amide bonds. The van der Waals surface area contributed by atoms with Crippen molar-refractivity contribution in [3.05, 3.63) is 216 Å². The topological polar surface area (TPSA) is 150 Å². The minimum atomic E-state index is -0.439. The fourth-order valence-corrected chi connectivity index (χ4v) is 6.81. The van der Waals surface area contributed by atoms with E-state index in [4.69, 9.17) is 0 Å². The summed E-state index contributed by atoms with van der Waals surface area (Å²) in [5.74, 6) is -2.48. The highest BCUT2D eigenvalue weighted by molar-refractivity contribution is 6.47. The first kappa shape index (κ1) is 68.0. The van der Waals surface area contributed by atoms with E-state index >= 15 is 0 Å². The van der Waals surface area contributed by atoms with Gasteiger partial charge in [0, 0.05) is 70.6 Å². The Kier molecular flexibility index (Phi) is 36.4. The minimum Gasteiger partial charge on any atom is -0.360 e. The zero-order valence-corrected chi connectivity index (χ0v) is 44.4. The molecule has 3 N–H and O–H groups in total. The van der Waals surface area contributed by atoms with Crippen LogP contribution < -0.4 is 0 Å². The van der Waals surface area contributed by atoms with Crippen LogP contribution in [0.25, 0.3) is 32.7 Å². The average Bonchev–Trinajstić information content (AvgIpc) is 4.23. The Morgan fingerprint density at radius 1 is 0.284 bits per heavy atom. The van der Waals surface area contributed by atoms with Gasteiger partial charge >= 0.3 is 0 Å². The van der Waals surface area contributed by atoms with Crippen LogP contribution in [0.15, 0.2) is 182 Å². The maximum absolute atomic E-state index is 12.3. The molecule has 0 saturated carbocycles. The van der Waals surface area contributed by atoms with Gasteiger partial charge in [0.2, 0.25) is 34.7 Å². The van der Waals surface area contributed by atoms with E-state index in [2.05, 4.69) is 15.0 Å². The highest BCUT2D eigenvalue weighted by atomic mass is 16.2. The molecule has 0 aliphatic heterocycles. The molecule has 0 atom stereocenters. The van der Waals surface area contributed by atoms with Gasteiger partial charge in [-0.05, 0) is 34.9 Å². The lowest BCUT2D eigenvalue weighted by molar-refractivity contribution is -0.115. The van der Waals surface area contributed by atoms with E-state index in [0.717, 1.165) is 49.4 Å². The molecule has 9 aromatic rings. The van der Waals surface area contributed by atoms with Gasteiger partial charge in [-0.25, -0.2) is 0 Å². The summed E-state index contributed by atoms with van der Waals surface area (Å²) in [5.41, 5.74) is 6.49. The van der Waals surface area contributed by atoms with Crippen LogP contribution in [0, 0.1) is 0 Å². The highest BCUT2D eigenvalue weighted by Gasteiger charge is 2.22. The lowest BCUT2D eigenvalue weighted by atomic mass is 10.0. The molecule has 0 aliphatic rings. The molecule has 0 unspecified atom stereocenters. The molecule has 0 bridgehead atoms. The molecule has 394 valence electrons. The van der Waals surface area contributed by atoms with Gasteiger partial charge in [-0.15, -0.1) is 0 Å². The molecule has 0 fully saturated rings. The van der Waals surface area contributed by atoms with Gasteiger partial charge in [-0.3, -0.25) is 28.8 Å². The summed E-state index contributed by atoms with van der Waals surface area (Å²) in [5, 5.41) is 2.37. The fourth-order valence-electron chi connectivity index (χ4n) is 6.81. The summed E-state index contributed by atoms with van der Waals surface area (Å²) < 4.78 is 0. The average molecular weight is 1000 g/mol. The highest BCUT2D eigenvalue weighted by Crippen LogP contribution is 2.21. The van der Waals surface area contributed by atoms with E-state index in [-0.39, 0.29) is 51.5 Å². The number of benzene rings is 6. The summed E-state index contributed by atoms with van der Waals surface area (Å²) in [6.07, 6.45) is 5.24. The van der Waals surface area contributed by atoms with Crippen molar-refractivity contribution >= 4 is 67.4 Å². The van der Waals surface area contributed by atoms with Crippen molar-refractivity contribution in [2.24, 2.45) is 0 Å². The first-order valence-corrected chi connectivity index (χ1v) is 25.3. The summed E-state index contributed by atoms with van der Waals surface area (Å²) in [6.45, 7) is 24.0. The zero-order valence-electron chi connectivity index (χ0n) is 44.4. The Bertz CT molecular complexity index is 2640. The molecule has 9 heteroatoms. The van der Waals surface area contributed by atoms with E-state index in [1.807, 2.05) is 247 Å². The van der Waals surface area contributed by atoms with Crippen LogP contribution in [-0.2, 0) is 33.6 Å². The molecule has 3 heterocycles. The largest absolute Gasteiger partial charge is 0.360 e. The maximum atomic E-state index is 12.3. The van der Waals surface area contributed by atoms with Gasteiger partial charge in [-0.2, -0.15) is 0 Å². The van der Waals surface area contributed by atoms with Crippen LogP contribution in [-0.4, -0.2) is 49.7 Å². The number of H-pyrrole nitrogens is 3. The SMILES string of the molecule is C.C.CC.CC.CC.CC.CC.CC.O=C(Cc1ccccc1)C(=O)c1c[nH]c2ccccc12.O=C(Cc1ccccc1)C(=O)c1c[nH]c2ccccc12.O=C(Cc1ccccc1)C(=O)c1c[nH]c2ccccc12. The number of carbonyl (C=O) groups excluding carboxylic acids is 6. The Morgan fingerprint density at radius 2 is 0.473 bits per heavy atom. The number of hydrogen-bond acceptors (Lipinski definition) is 6. The molecule has 6 aromatic carbocycles. The van der Waals surface area contributed by atoms with Gasteiger partial charge in [-0.1, -0.05) is 244 Å². The lowest BCUT2D eigenvalue weighted by Gasteiger charge is -2.00. The molecule has 3 aromatic heterocycles. The lowest BCUT2D eigenvalue weighted by Crippen LogP contribution is -2.16. The van der Waals surface area contributed by atoms with Crippen LogP contribution >= 0.6 is 0 Å². The number of rotatable bonds is 12. The van der Waals surface area contributed by atoms with Gasteiger partial charge in [0.25, 0.3) is 0 Å². The first-order chi connectivity index (χ1) is 35.3. The van der Waals surface area contributed by atoms with E-state index in [0.29, 0.717) is 16.7 Å². The number of aromatic amines is 3. The predicted octanol–water partition coefficient (Wildman–Crippen LogP) is 16.9. The molecule has 9 nitrogen and oxygen atoms in total. The Hall–Kier alpha value is -8.04. The monoisotopic (exact) mass is 1000 g/mol. The van der Waals surface area contributed by atoms with Crippen molar-refractivity contribution in [2.45, 2.75) is 117 Å². The number of aromatic nitrogens is 3. The number of nitrogens with one attached hydrogen (secondary N) is 3. The fraction of sp³-hybridized carbons (Fsp3) is 0.262. The van der Waals surface area contributed by atoms with Crippen molar-refractivity contribution < 1.29 is 28.8 Å². The number of fused-ring (bicyclic) bond motifs is 3. The normalized spacial score (nSPS) is 9.08. The number of ketones is 6. The number of carbonyl (C=O) groups is 6. The molecular formula is C65H83N3O6. The Labute approximate surface area is 442 Å². The van der Waals surface area contributed by atoms with Crippen molar-refractivity contribution in [3.63, 3.8) is 0 Å². The number of Topliss-reactive ketones (excluding diaryl/α,β-unsaturated/α-hetero) is 6. The second-order valence-electron chi connectivity index (χ2n) is 14.0. The quantitative estimate of drug-likeness (QED) is 0.0819. The van der Waals surface area contributed by atoms with E-state index in [1.165, 1.54) is 0 Å². The molecule has 0 radical (unpaired) electrons. The van der Waals surface area contributed by atoms with Crippen molar-refractivity contribution in [2.75, 3.05) is 0 Å². The third-order valence-electron chi connectivity index (χ3n) is 9.88. The Morgan fingerprint density at radius 3 is 0.689 bits per heavy atom. The van der Waals surface area contributed by atoms with Crippen LogP contribution in [0.5, 0.6) is 0 Å². The summed E-state index contributed by atoms with van der Waals surface area (Å²) in [6, 6.07) is 50.3. The molecule has 9 rings (SSSR count). The summed E-state index contributed by atoms with van der Waals surface area (Å²) >= 11 is 0. The van der Waals surface area contributed by atoms with Crippen LogP contribution in [0.3, 0.4) is 0 Å². The second kappa shape index (κ2) is 39.6. The van der Waals surface area contributed by atoms with Gasteiger partial charge in [0.1, 0.15) is 0 Å². The maximum Gasteiger partial charge on any atom is 0.231 e. The predicted molar refractivity (Wildman–Crippen MR) is 315 cm³/mol. The number of hydrogen-bond donors (Lipinski definition) is 3. The third kappa shape index (κ3) is 20.2. The van der Waals surface area contributed by atoms with Gasteiger partial charge < -0.3 is 15.0 Å². The van der Waals surface area contributed by atoms with Crippen molar-refractivity contribution in [1.29, 1.82) is 0 Å². The molecule has 0 spiro atoms. The molecular weight excluding hydrogens is 919 g/mol. The van der Waals surface area contributed by atoms with Crippen LogP contribution in [0.4, 0.5) is 0 Å². The molecule has 74 heavy (non-hydrogen) atoms. The van der Waals surface area contributed by atoms with Gasteiger partial charge in [0.05, 0.1) is 16.7 Å². The van der Waals surface area contributed by atoms with Crippen molar-refractivity contribution in [3.8, 4) is 0 Å². The zero-order chi connectivity index (χ0) is 53.8. The van der Waals surface area contributed by atoms with E-state index in [9.17, 15) is 28.8 Å². The standard InChI is InChI=1S/3C17H13NO2.6C2H6.2CH4/c3*19-16(10-12-6-2-1-3-7-12)17(20)14-11-18-15-9-5-4-8-13(14)15;6*1-2;;/h3*1-9,11,18H,10H2;6*1-2H3;2*1H4. The molecule has 0 aliphatic carbocycles. The van der Waals surface area contributed by atoms with Gasteiger partial charge in [0.15, 0.2) is 0 Å². The van der Waals surface area contributed by atoms with E-state index < -0.39 is 17.3 Å². The smallest absolute Gasteiger partial charge is 0.231 e. The first-order valence-electron chi connectivity index (χ1n) is 25.3. The molecule has 0 saturated heterocycles. The second-order valence-corrected chi connectivity index (χ2v) is 14.0. The van der Waals surface area contributed by atoms with Crippen LogP contribution in [0.1, 0.15) is 146 Å². The third-order valence-corrected chi connectivity index (χ3v) is 9.88. The summed E-state index contributed by atoms with van der Waals surface area (Å²) in [7, 11) is 0. The minimum absolute atomic E-state index is 0. The summed E-state index contributed by atoms with van der Waals surface area (Å²) in [4.78, 5) is 82.1. The van der Waals surface area contributed by atoms with Crippen molar-refractivity contribution in [1.82, 2.24) is 15.0 Å². The van der Waals surface area contributed by atoms with E-state index in [1.54, 1.807) is 18.6 Å². The van der Waals surface area contributed by atoms with Crippen LogP contribution in [0.2, 0.25) is 0 Å². The Balaban J connectivity index is 0. The number of para-hydroxylation sites is 3.